The van der Waals surface area contributed by atoms with Gasteiger partial charge in [0.15, 0.2) is 11.5 Å². The zero-order chi connectivity index (χ0) is 21.5. The summed E-state index contributed by atoms with van der Waals surface area (Å²) in [6.07, 6.45) is 1.53. The molecule has 8 nitrogen and oxygen atoms in total. The Morgan fingerprint density at radius 2 is 1.87 bits per heavy atom. The Hall–Kier alpha value is -3.81. The Bertz CT molecular complexity index is 1040. The molecule has 0 unspecified atom stereocenters. The van der Waals surface area contributed by atoms with Crippen LogP contribution in [0.2, 0.25) is 0 Å². The van der Waals surface area contributed by atoms with Crippen molar-refractivity contribution < 1.29 is 19.0 Å². The van der Waals surface area contributed by atoms with Crippen LogP contribution < -0.4 is 19.6 Å². The van der Waals surface area contributed by atoms with Crippen LogP contribution in [0.5, 0.6) is 17.2 Å². The second-order valence-electron chi connectivity index (χ2n) is 6.34. The van der Waals surface area contributed by atoms with E-state index in [9.17, 15) is 4.79 Å². The van der Waals surface area contributed by atoms with Gasteiger partial charge in [0.05, 0.1) is 32.7 Å². The van der Waals surface area contributed by atoms with Crippen LogP contribution in [0, 0.1) is 6.92 Å². The molecule has 0 saturated carbocycles. The van der Waals surface area contributed by atoms with Gasteiger partial charge < -0.3 is 14.2 Å². The Labute approximate surface area is 174 Å². The number of benzene rings is 2. The molecule has 0 fully saturated rings. The molecule has 0 saturated heterocycles. The van der Waals surface area contributed by atoms with Gasteiger partial charge in [-0.3, -0.25) is 9.89 Å². The number of nitrogens with one attached hydrogen (secondary N) is 2. The molecule has 1 amide bonds. The van der Waals surface area contributed by atoms with Crippen molar-refractivity contribution in [1.82, 2.24) is 15.6 Å². The molecular weight excluding hydrogens is 384 g/mol. The van der Waals surface area contributed by atoms with Crippen LogP contribution in [0.25, 0.3) is 11.3 Å². The van der Waals surface area contributed by atoms with Crippen LogP contribution in [0.4, 0.5) is 0 Å². The van der Waals surface area contributed by atoms with Gasteiger partial charge in [-0.05, 0) is 61.9 Å². The first kappa shape index (κ1) is 20.9. The molecule has 8 heteroatoms. The molecule has 156 valence electrons. The van der Waals surface area contributed by atoms with E-state index in [0.29, 0.717) is 29.5 Å². The number of nitrogens with zero attached hydrogens (tertiary/aromatic N) is 2. The maximum absolute atomic E-state index is 12.5. The number of aromatic nitrogens is 2. The molecule has 1 heterocycles. The molecule has 2 aromatic carbocycles. The summed E-state index contributed by atoms with van der Waals surface area (Å²) in [5.41, 5.74) is 5.94. The fourth-order valence-corrected chi connectivity index (χ4v) is 2.93. The zero-order valence-electron chi connectivity index (χ0n) is 17.4. The number of hydrogen-bond donors (Lipinski definition) is 2. The molecule has 3 rings (SSSR count). The van der Waals surface area contributed by atoms with E-state index in [0.717, 1.165) is 22.4 Å². The van der Waals surface area contributed by atoms with Gasteiger partial charge >= 0.3 is 0 Å². The van der Waals surface area contributed by atoms with Gasteiger partial charge in [-0.15, -0.1) is 0 Å². The van der Waals surface area contributed by atoms with Gasteiger partial charge in [-0.25, -0.2) is 5.43 Å². The highest BCUT2D eigenvalue weighted by Crippen LogP contribution is 2.27. The Balaban J connectivity index is 1.70. The van der Waals surface area contributed by atoms with Crippen molar-refractivity contribution in [1.29, 1.82) is 0 Å². The first-order valence-corrected chi connectivity index (χ1v) is 9.41. The predicted molar refractivity (Wildman–Crippen MR) is 115 cm³/mol. The maximum Gasteiger partial charge on any atom is 0.289 e. The third-order valence-corrected chi connectivity index (χ3v) is 4.46. The standard InChI is InChI=1S/C22H24N4O4/c1-5-30-17-9-7-16(8-10-17)20-14(2)21(25-24-20)22(27)26-23-13-15-6-11-18(28-3)19(12-15)29-4/h6-13H,5H2,1-4H3,(H,24,25)(H,26,27)/b23-13-. The molecular formula is C22H24N4O4. The lowest BCUT2D eigenvalue weighted by Gasteiger charge is -2.07. The molecule has 0 aliphatic rings. The van der Waals surface area contributed by atoms with Crippen molar-refractivity contribution in [2.75, 3.05) is 20.8 Å². The number of amides is 1. The average Bonchev–Trinajstić information content (AvgIpc) is 3.15. The minimum Gasteiger partial charge on any atom is -0.494 e. The maximum atomic E-state index is 12.5. The molecule has 1 aromatic heterocycles. The summed E-state index contributed by atoms with van der Waals surface area (Å²) in [7, 11) is 3.13. The lowest BCUT2D eigenvalue weighted by molar-refractivity contribution is 0.0949. The first-order chi connectivity index (χ1) is 14.6. The highest BCUT2D eigenvalue weighted by Gasteiger charge is 2.16. The number of ether oxygens (including phenoxy) is 3. The number of carbonyl (C=O) groups is 1. The summed E-state index contributed by atoms with van der Waals surface area (Å²) < 4.78 is 15.9. The average molecular weight is 408 g/mol. The molecule has 0 spiro atoms. The van der Waals surface area contributed by atoms with Gasteiger partial charge in [-0.2, -0.15) is 10.2 Å². The normalized spacial score (nSPS) is 10.8. The van der Waals surface area contributed by atoms with Gasteiger partial charge in [0.25, 0.3) is 5.91 Å². The van der Waals surface area contributed by atoms with Crippen molar-refractivity contribution in [3.05, 3.63) is 59.3 Å². The second kappa shape index (κ2) is 9.60. The minimum absolute atomic E-state index is 0.350. The van der Waals surface area contributed by atoms with Gasteiger partial charge in [0, 0.05) is 11.1 Å². The van der Waals surface area contributed by atoms with Crippen LogP contribution in [0.15, 0.2) is 47.6 Å². The quantitative estimate of drug-likeness (QED) is 0.439. The summed E-state index contributed by atoms with van der Waals surface area (Å²) in [4.78, 5) is 12.5. The van der Waals surface area contributed by atoms with Crippen molar-refractivity contribution in [3.8, 4) is 28.5 Å². The summed E-state index contributed by atoms with van der Waals surface area (Å²) in [6, 6.07) is 12.9. The van der Waals surface area contributed by atoms with Crippen molar-refractivity contribution in [2.24, 2.45) is 5.10 Å². The summed E-state index contributed by atoms with van der Waals surface area (Å²) in [5, 5.41) is 11.1. The largest absolute Gasteiger partial charge is 0.494 e. The van der Waals surface area contributed by atoms with E-state index in [1.54, 1.807) is 26.4 Å². The highest BCUT2D eigenvalue weighted by molar-refractivity contribution is 5.96. The number of carbonyl (C=O) groups excluding carboxylic acids is 1. The van der Waals surface area contributed by atoms with Crippen LogP contribution in [-0.4, -0.2) is 43.1 Å². The van der Waals surface area contributed by atoms with E-state index in [-0.39, 0.29) is 5.91 Å². The SMILES string of the molecule is CCOc1ccc(-c2n[nH]c(C(=O)N/N=C\c3ccc(OC)c(OC)c3)c2C)cc1. The van der Waals surface area contributed by atoms with Gasteiger partial charge in [0.2, 0.25) is 0 Å². The number of rotatable bonds is 8. The Morgan fingerprint density at radius 3 is 2.53 bits per heavy atom. The number of methoxy groups -OCH3 is 2. The predicted octanol–water partition coefficient (Wildman–Crippen LogP) is 3.56. The van der Waals surface area contributed by atoms with E-state index >= 15 is 0 Å². The third-order valence-electron chi connectivity index (χ3n) is 4.46. The molecule has 0 atom stereocenters. The minimum atomic E-state index is -0.381. The number of hydrogen-bond acceptors (Lipinski definition) is 6. The fraction of sp³-hybridized carbons (Fsp3) is 0.227. The third kappa shape index (κ3) is 4.60. The van der Waals surface area contributed by atoms with Crippen molar-refractivity contribution >= 4 is 12.1 Å². The Morgan fingerprint density at radius 1 is 1.13 bits per heavy atom. The molecule has 3 aromatic rings. The monoisotopic (exact) mass is 408 g/mol. The van der Waals surface area contributed by atoms with E-state index in [2.05, 4.69) is 20.7 Å². The fourth-order valence-electron chi connectivity index (χ4n) is 2.93. The topological polar surface area (TPSA) is 97.8 Å². The number of H-pyrrole nitrogens is 1. The van der Waals surface area contributed by atoms with E-state index in [4.69, 9.17) is 14.2 Å². The van der Waals surface area contributed by atoms with Crippen molar-refractivity contribution in [2.45, 2.75) is 13.8 Å². The van der Waals surface area contributed by atoms with E-state index < -0.39 is 0 Å². The molecule has 2 N–H and O–H groups in total. The molecule has 0 radical (unpaired) electrons. The van der Waals surface area contributed by atoms with Crippen molar-refractivity contribution in [3.63, 3.8) is 0 Å². The summed E-state index contributed by atoms with van der Waals surface area (Å²) in [5.74, 6) is 1.61. The smallest absolute Gasteiger partial charge is 0.289 e. The zero-order valence-corrected chi connectivity index (χ0v) is 17.4. The molecule has 30 heavy (non-hydrogen) atoms. The van der Waals surface area contributed by atoms with Crippen LogP contribution >= 0.6 is 0 Å². The molecule has 0 aliphatic heterocycles. The summed E-state index contributed by atoms with van der Waals surface area (Å²) in [6.45, 7) is 4.38. The number of hydrazone groups is 1. The second-order valence-corrected chi connectivity index (χ2v) is 6.34. The van der Waals surface area contributed by atoms with Crippen LogP contribution in [0.3, 0.4) is 0 Å². The lowest BCUT2D eigenvalue weighted by Crippen LogP contribution is -2.19. The molecule has 0 aliphatic carbocycles. The summed E-state index contributed by atoms with van der Waals surface area (Å²) >= 11 is 0. The van der Waals surface area contributed by atoms with Gasteiger partial charge in [0.1, 0.15) is 11.4 Å². The van der Waals surface area contributed by atoms with Crippen LogP contribution in [-0.2, 0) is 0 Å². The lowest BCUT2D eigenvalue weighted by atomic mass is 10.1. The first-order valence-electron chi connectivity index (χ1n) is 9.41. The molecule has 0 bridgehead atoms. The van der Waals surface area contributed by atoms with E-state index in [1.807, 2.05) is 44.2 Å². The number of aromatic amines is 1. The Kier molecular flexibility index (Phi) is 6.69. The van der Waals surface area contributed by atoms with Gasteiger partial charge in [-0.1, -0.05) is 0 Å². The highest BCUT2D eigenvalue weighted by atomic mass is 16.5. The van der Waals surface area contributed by atoms with E-state index in [1.165, 1.54) is 6.21 Å². The van der Waals surface area contributed by atoms with Crippen LogP contribution in [0.1, 0.15) is 28.5 Å².